The van der Waals surface area contributed by atoms with E-state index in [1.54, 1.807) is 4.68 Å². The van der Waals surface area contributed by atoms with Crippen LogP contribution in [0.15, 0.2) is 30.3 Å². The van der Waals surface area contributed by atoms with Crippen molar-refractivity contribution in [1.29, 1.82) is 0 Å². The highest BCUT2D eigenvalue weighted by Gasteiger charge is 2.20. The minimum absolute atomic E-state index is 0.148. The van der Waals surface area contributed by atoms with Gasteiger partial charge in [0.1, 0.15) is 4.83 Å². The Labute approximate surface area is 189 Å². The molecular formula is C24H22N4O3S. The largest absolute Gasteiger partial charge is 0.454 e. The van der Waals surface area contributed by atoms with Crippen molar-refractivity contribution in [3.05, 3.63) is 69.2 Å². The van der Waals surface area contributed by atoms with Gasteiger partial charge in [0.2, 0.25) is 6.79 Å². The van der Waals surface area contributed by atoms with E-state index >= 15 is 0 Å². The van der Waals surface area contributed by atoms with Gasteiger partial charge in [-0.2, -0.15) is 0 Å². The molecule has 1 aliphatic heterocycles. The van der Waals surface area contributed by atoms with E-state index in [1.807, 2.05) is 70.2 Å². The Morgan fingerprint density at radius 3 is 2.56 bits per heavy atom. The molecule has 0 atom stereocenters. The first kappa shape index (κ1) is 20.3. The van der Waals surface area contributed by atoms with Crippen LogP contribution >= 0.6 is 11.3 Å². The van der Waals surface area contributed by atoms with Gasteiger partial charge in [-0.15, -0.1) is 11.3 Å². The van der Waals surface area contributed by atoms with Crippen LogP contribution in [0.1, 0.15) is 43.7 Å². The molecule has 0 radical (unpaired) electrons. The smallest absolute Gasteiger partial charge is 0.280 e. The summed E-state index contributed by atoms with van der Waals surface area (Å²) in [6, 6.07) is 9.72. The standard InChI is InChI=1S/C24H22N4O3S/c1-13-5-6-14(2)28(13)27-23(29)22-15(3)21-16(4)25-20(26-24(21)32-22)10-8-17-7-9-18-19(11-17)31-12-30-18/h5-11H,12H2,1-4H3,(H,27,29)/b10-8+. The van der Waals surface area contributed by atoms with E-state index in [2.05, 4.69) is 10.4 Å². The van der Waals surface area contributed by atoms with Crippen molar-refractivity contribution in [2.45, 2.75) is 27.7 Å². The Morgan fingerprint density at radius 2 is 1.78 bits per heavy atom. The first-order chi connectivity index (χ1) is 15.4. The molecule has 4 heterocycles. The Hall–Kier alpha value is -3.65. The molecule has 32 heavy (non-hydrogen) atoms. The van der Waals surface area contributed by atoms with Crippen molar-refractivity contribution in [2.24, 2.45) is 0 Å². The van der Waals surface area contributed by atoms with Gasteiger partial charge < -0.3 is 9.47 Å². The Bertz CT molecular complexity index is 1380. The average Bonchev–Trinajstić information content (AvgIpc) is 3.45. The third kappa shape index (κ3) is 3.52. The highest BCUT2D eigenvalue weighted by Crippen LogP contribution is 2.34. The fraction of sp³-hybridized carbons (Fsp3) is 0.208. The zero-order valence-corrected chi connectivity index (χ0v) is 19.0. The minimum Gasteiger partial charge on any atom is -0.454 e. The number of nitrogens with zero attached hydrogens (tertiary/aromatic N) is 3. The fourth-order valence-corrected chi connectivity index (χ4v) is 4.96. The molecule has 0 aliphatic carbocycles. The summed E-state index contributed by atoms with van der Waals surface area (Å²) in [4.78, 5) is 23.8. The Kier molecular flexibility index (Phi) is 4.94. The van der Waals surface area contributed by atoms with Gasteiger partial charge >= 0.3 is 0 Å². The minimum atomic E-state index is -0.148. The van der Waals surface area contributed by atoms with Crippen molar-refractivity contribution in [3.63, 3.8) is 0 Å². The van der Waals surface area contributed by atoms with E-state index in [-0.39, 0.29) is 12.7 Å². The molecule has 8 heteroatoms. The van der Waals surface area contributed by atoms with Gasteiger partial charge in [0.15, 0.2) is 17.3 Å². The van der Waals surface area contributed by atoms with Gasteiger partial charge in [-0.25, -0.2) is 9.97 Å². The van der Waals surface area contributed by atoms with Gasteiger partial charge in [-0.1, -0.05) is 12.1 Å². The normalized spacial score (nSPS) is 12.8. The summed E-state index contributed by atoms with van der Waals surface area (Å²) in [6.45, 7) is 8.06. The SMILES string of the molecule is Cc1nc(/C=C/c2ccc3c(c2)OCO3)nc2sc(C(=O)Nn3c(C)ccc3C)c(C)c12. The second-order valence-corrected chi connectivity index (χ2v) is 8.74. The molecule has 1 aromatic carbocycles. The van der Waals surface area contributed by atoms with E-state index in [0.717, 1.165) is 49.9 Å². The quantitative estimate of drug-likeness (QED) is 0.477. The van der Waals surface area contributed by atoms with Crippen LogP contribution in [0.2, 0.25) is 0 Å². The van der Waals surface area contributed by atoms with Gasteiger partial charge in [0, 0.05) is 16.8 Å². The molecular weight excluding hydrogens is 424 g/mol. The molecule has 4 aromatic rings. The highest BCUT2D eigenvalue weighted by molar-refractivity contribution is 7.20. The first-order valence-electron chi connectivity index (χ1n) is 10.2. The number of thiophene rings is 1. The summed E-state index contributed by atoms with van der Waals surface area (Å²) in [5.74, 6) is 1.93. The Balaban J connectivity index is 1.45. The molecule has 1 N–H and O–H groups in total. The Morgan fingerprint density at radius 1 is 1.03 bits per heavy atom. The van der Waals surface area contributed by atoms with E-state index < -0.39 is 0 Å². The molecule has 0 spiro atoms. The number of carbonyl (C=O) groups excluding carboxylic acids is 1. The molecule has 7 nitrogen and oxygen atoms in total. The van der Waals surface area contributed by atoms with Crippen molar-refractivity contribution in [3.8, 4) is 11.5 Å². The number of hydrogen-bond donors (Lipinski definition) is 1. The van der Waals surface area contributed by atoms with Crippen LogP contribution in [0.3, 0.4) is 0 Å². The number of fused-ring (bicyclic) bond motifs is 2. The predicted octanol–water partition coefficient (Wildman–Crippen LogP) is 5.01. The van der Waals surface area contributed by atoms with E-state index in [9.17, 15) is 4.79 Å². The van der Waals surface area contributed by atoms with Crippen LogP contribution < -0.4 is 14.9 Å². The van der Waals surface area contributed by atoms with E-state index in [4.69, 9.17) is 14.5 Å². The monoisotopic (exact) mass is 446 g/mol. The lowest BCUT2D eigenvalue weighted by Crippen LogP contribution is -2.24. The summed E-state index contributed by atoms with van der Waals surface area (Å²) in [5, 5.41) is 0.932. The molecule has 0 bridgehead atoms. The van der Waals surface area contributed by atoms with Gasteiger partial charge in [-0.05, 0) is 69.2 Å². The number of carbonyl (C=O) groups is 1. The molecule has 0 unspecified atom stereocenters. The maximum absolute atomic E-state index is 13.0. The van der Waals surface area contributed by atoms with Crippen LogP contribution in [-0.2, 0) is 0 Å². The molecule has 0 saturated carbocycles. The molecule has 0 fully saturated rings. The lowest BCUT2D eigenvalue weighted by molar-refractivity contribution is 0.101. The summed E-state index contributed by atoms with van der Waals surface area (Å²) >= 11 is 1.38. The molecule has 1 amide bonds. The van der Waals surface area contributed by atoms with Crippen LogP contribution in [0.25, 0.3) is 22.4 Å². The highest BCUT2D eigenvalue weighted by atomic mass is 32.1. The number of rotatable bonds is 4. The maximum atomic E-state index is 13.0. The summed E-state index contributed by atoms with van der Waals surface area (Å²) in [5.41, 5.74) is 7.64. The maximum Gasteiger partial charge on any atom is 0.280 e. The van der Waals surface area contributed by atoms with Crippen molar-refractivity contribution < 1.29 is 14.3 Å². The van der Waals surface area contributed by atoms with Crippen LogP contribution in [0.5, 0.6) is 11.5 Å². The van der Waals surface area contributed by atoms with E-state index in [1.165, 1.54) is 11.3 Å². The number of benzene rings is 1. The fourth-order valence-electron chi connectivity index (χ4n) is 3.84. The molecule has 1 aliphatic rings. The number of aromatic nitrogens is 3. The van der Waals surface area contributed by atoms with Crippen molar-refractivity contribution in [2.75, 3.05) is 12.2 Å². The summed E-state index contributed by atoms with van der Waals surface area (Å²) in [6.07, 6.45) is 3.81. The molecule has 162 valence electrons. The summed E-state index contributed by atoms with van der Waals surface area (Å²) < 4.78 is 12.6. The number of hydrogen-bond acceptors (Lipinski definition) is 6. The van der Waals surface area contributed by atoms with Crippen LogP contribution in [0.4, 0.5) is 0 Å². The third-order valence-corrected chi connectivity index (χ3v) is 6.69. The lowest BCUT2D eigenvalue weighted by atomic mass is 10.1. The second-order valence-electron chi connectivity index (χ2n) is 7.74. The zero-order valence-electron chi connectivity index (χ0n) is 18.2. The zero-order chi connectivity index (χ0) is 22.4. The molecule has 3 aromatic heterocycles. The summed E-state index contributed by atoms with van der Waals surface area (Å²) in [7, 11) is 0. The average molecular weight is 447 g/mol. The predicted molar refractivity (Wildman–Crippen MR) is 126 cm³/mol. The van der Waals surface area contributed by atoms with Crippen molar-refractivity contribution >= 4 is 39.6 Å². The topological polar surface area (TPSA) is 78.3 Å². The number of nitrogens with one attached hydrogen (secondary N) is 1. The third-order valence-electron chi connectivity index (χ3n) is 5.50. The molecule has 5 rings (SSSR count). The van der Waals surface area contributed by atoms with Crippen molar-refractivity contribution in [1.82, 2.24) is 14.6 Å². The van der Waals surface area contributed by atoms with Gasteiger partial charge in [0.05, 0.1) is 10.6 Å². The number of aryl methyl sites for hydroxylation is 4. The lowest BCUT2D eigenvalue weighted by Gasteiger charge is -2.10. The second kappa shape index (κ2) is 7.80. The van der Waals surface area contributed by atoms with Gasteiger partial charge in [-0.3, -0.25) is 14.9 Å². The van der Waals surface area contributed by atoms with Crippen LogP contribution in [0, 0.1) is 27.7 Å². The number of ether oxygens (including phenoxy) is 2. The first-order valence-corrected chi connectivity index (χ1v) is 11.0. The van der Waals surface area contributed by atoms with Crippen LogP contribution in [-0.4, -0.2) is 27.3 Å². The van der Waals surface area contributed by atoms with E-state index in [0.29, 0.717) is 10.7 Å². The number of amides is 1. The van der Waals surface area contributed by atoms with Gasteiger partial charge in [0.25, 0.3) is 5.91 Å². The molecule has 0 saturated heterocycles.